The fourth-order valence-electron chi connectivity index (χ4n) is 5.77. The topological polar surface area (TPSA) is 38.8 Å². The predicted octanol–water partition coefficient (Wildman–Crippen LogP) is 3.89. The first-order valence-electron chi connectivity index (χ1n) is 9.56. The number of carbonyl (C=O) groups is 1. The Balaban J connectivity index is 1.39. The molecule has 5 atom stereocenters. The summed E-state index contributed by atoms with van der Waals surface area (Å²) in [6.45, 7) is 3.76. The van der Waals surface area contributed by atoms with Gasteiger partial charge in [0.15, 0.2) is 0 Å². The number of ether oxygens (including phenoxy) is 2. The Morgan fingerprint density at radius 2 is 2.12 bits per heavy atom. The van der Waals surface area contributed by atoms with Crippen LogP contribution in [0.1, 0.15) is 56.1 Å². The highest BCUT2D eigenvalue weighted by Gasteiger charge is 2.54. The third-order valence-electron chi connectivity index (χ3n) is 7.25. The number of epoxide rings is 1. The highest BCUT2D eigenvalue weighted by atomic mass is 16.6. The van der Waals surface area contributed by atoms with E-state index in [4.69, 9.17) is 9.47 Å². The quantitative estimate of drug-likeness (QED) is 0.791. The lowest BCUT2D eigenvalue weighted by atomic mass is 9.55. The van der Waals surface area contributed by atoms with Crippen molar-refractivity contribution in [1.82, 2.24) is 0 Å². The number of carbonyl (C=O) groups excluding carboxylic acids is 1. The fourth-order valence-corrected chi connectivity index (χ4v) is 5.77. The summed E-state index contributed by atoms with van der Waals surface area (Å²) in [4.78, 5) is 12.4. The van der Waals surface area contributed by atoms with E-state index in [9.17, 15) is 4.79 Å². The summed E-state index contributed by atoms with van der Waals surface area (Å²) in [5, 5.41) is 0. The number of hydrogen-bond acceptors (Lipinski definition) is 3. The number of rotatable bonds is 3. The molecule has 5 unspecified atom stereocenters. The summed E-state index contributed by atoms with van der Waals surface area (Å²) < 4.78 is 11.1. The summed E-state index contributed by atoms with van der Waals surface area (Å²) in [5.41, 5.74) is 2.98. The molecule has 2 saturated carbocycles. The zero-order valence-corrected chi connectivity index (χ0v) is 14.4. The van der Waals surface area contributed by atoms with Gasteiger partial charge in [0.25, 0.3) is 0 Å². The van der Waals surface area contributed by atoms with Crippen molar-refractivity contribution in [3.8, 4) is 5.75 Å². The first kappa shape index (κ1) is 14.9. The molecule has 1 heterocycles. The molecular formula is C21H26O3. The van der Waals surface area contributed by atoms with Gasteiger partial charge in [-0.15, -0.1) is 0 Å². The van der Waals surface area contributed by atoms with Crippen molar-refractivity contribution in [2.45, 2.75) is 57.5 Å². The lowest BCUT2D eigenvalue weighted by Crippen LogP contribution is -2.42. The van der Waals surface area contributed by atoms with Crippen molar-refractivity contribution in [3.63, 3.8) is 0 Å². The van der Waals surface area contributed by atoms with Crippen LogP contribution in [0.2, 0.25) is 0 Å². The van der Waals surface area contributed by atoms with Gasteiger partial charge in [-0.25, -0.2) is 0 Å². The molecule has 0 spiro atoms. The normalized spacial score (nSPS) is 39.8. The fraction of sp³-hybridized carbons (Fsp3) is 0.667. The summed E-state index contributed by atoms with van der Waals surface area (Å²) in [5.74, 6) is 3.48. The molecule has 1 aromatic rings. The number of aryl methyl sites for hydroxylation is 1. The number of Topliss-reactive ketones (excluding diaryl/α,β-unsaturated/α-hetero) is 1. The largest absolute Gasteiger partial charge is 0.491 e. The van der Waals surface area contributed by atoms with Gasteiger partial charge in [-0.3, -0.25) is 4.79 Å². The third-order valence-corrected chi connectivity index (χ3v) is 7.25. The van der Waals surface area contributed by atoms with Crippen LogP contribution in [0.15, 0.2) is 18.2 Å². The van der Waals surface area contributed by atoms with Gasteiger partial charge < -0.3 is 9.47 Å². The van der Waals surface area contributed by atoms with Crippen LogP contribution in [0.25, 0.3) is 0 Å². The van der Waals surface area contributed by atoms with Gasteiger partial charge in [-0.1, -0.05) is 13.0 Å². The molecule has 1 saturated heterocycles. The van der Waals surface area contributed by atoms with Crippen molar-refractivity contribution in [2.24, 2.45) is 17.3 Å². The Morgan fingerprint density at radius 1 is 1.25 bits per heavy atom. The van der Waals surface area contributed by atoms with Crippen LogP contribution in [0.5, 0.6) is 5.75 Å². The van der Waals surface area contributed by atoms with Gasteiger partial charge >= 0.3 is 0 Å². The van der Waals surface area contributed by atoms with Crippen molar-refractivity contribution >= 4 is 5.78 Å². The molecule has 1 aliphatic heterocycles. The molecule has 0 amide bonds. The van der Waals surface area contributed by atoms with Gasteiger partial charge in [-0.05, 0) is 73.1 Å². The number of ketones is 1. The summed E-state index contributed by atoms with van der Waals surface area (Å²) in [6.07, 6.45) is 6.86. The lowest BCUT2D eigenvalue weighted by molar-refractivity contribution is -0.129. The Bertz CT molecular complexity index is 678. The molecule has 0 bridgehead atoms. The van der Waals surface area contributed by atoms with Crippen LogP contribution in [0, 0.1) is 17.3 Å². The average molecular weight is 326 g/mol. The monoisotopic (exact) mass is 326 g/mol. The molecule has 0 radical (unpaired) electrons. The second kappa shape index (κ2) is 5.32. The first-order chi connectivity index (χ1) is 11.6. The maximum absolute atomic E-state index is 12.4. The minimum absolute atomic E-state index is 0.0218. The van der Waals surface area contributed by atoms with Crippen molar-refractivity contribution in [2.75, 3.05) is 13.2 Å². The maximum atomic E-state index is 12.4. The van der Waals surface area contributed by atoms with Crippen LogP contribution < -0.4 is 4.74 Å². The van der Waals surface area contributed by atoms with Gasteiger partial charge in [0.1, 0.15) is 24.2 Å². The zero-order valence-electron chi connectivity index (χ0n) is 14.4. The van der Waals surface area contributed by atoms with Gasteiger partial charge in [-0.2, -0.15) is 0 Å². The highest BCUT2D eigenvalue weighted by Crippen LogP contribution is 2.59. The lowest BCUT2D eigenvalue weighted by Gasteiger charge is -2.48. The molecule has 128 valence electrons. The standard InChI is InChI=1S/C21H26O3/c1-21-9-8-17-16-5-3-14(23-11-15-12-24-15)10-13(16)2-4-18(17)19(21)6-7-20(21)22/h3,5,10,15,17-19H,2,4,6-9,11-12H2,1H3. The van der Waals surface area contributed by atoms with Crippen molar-refractivity contribution in [1.29, 1.82) is 0 Å². The molecule has 5 rings (SSSR count). The van der Waals surface area contributed by atoms with Crippen LogP contribution in [0.4, 0.5) is 0 Å². The zero-order chi connectivity index (χ0) is 16.3. The number of fused-ring (bicyclic) bond motifs is 5. The summed E-state index contributed by atoms with van der Waals surface area (Å²) in [6, 6.07) is 6.69. The number of benzene rings is 1. The maximum Gasteiger partial charge on any atom is 0.139 e. The molecule has 1 aromatic carbocycles. The Morgan fingerprint density at radius 3 is 2.96 bits per heavy atom. The van der Waals surface area contributed by atoms with Crippen molar-refractivity contribution in [3.05, 3.63) is 29.3 Å². The molecule has 3 aliphatic carbocycles. The minimum atomic E-state index is -0.0218. The van der Waals surface area contributed by atoms with E-state index in [1.165, 1.54) is 24.0 Å². The van der Waals surface area contributed by atoms with Crippen LogP contribution in [-0.2, 0) is 16.0 Å². The van der Waals surface area contributed by atoms with Gasteiger partial charge in [0.05, 0.1) is 6.61 Å². The SMILES string of the molecule is CC12CCC3c4ccc(OCC5CO5)cc4CCC3C1CCC2=O. The smallest absolute Gasteiger partial charge is 0.139 e. The Kier molecular flexibility index (Phi) is 3.31. The third kappa shape index (κ3) is 2.24. The van der Waals surface area contributed by atoms with Crippen LogP contribution in [-0.4, -0.2) is 25.1 Å². The van der Waals surface area contributed by atoms with E-state index in [2.05, 4.69) is 25.1 Å². The molecule has 3 fully saturated rings. The van der Waals surface area contributed by atoms with E-state index in [1.807, 2.05) is 0 Å². The van der Waals surface area contributed by atoms with Gasteiger partial charge in [0, 0.05) is 11.8 Å². The van der Waals surface area contributed by atoms with Crippen LogP contribution in [0.3, 0.4) is 0 Å². The molecule has 0 aromatic heterocycles. The highest BCUT2D eigenvalue weighted by molar-refractivity contribution is 5.87. The number of hydrogen-bond donors (Lipinski definition) is 0. The Hall–Kier alpha value is -1.35. The van der Waals surface area contributed by atoms with Crippen LogP contribution >= 0.6 is 0 Å². The molecule has 3 nitrogen and oxygen atoms in total. The minimum Gasteiger partial charge on any atom is -0.491 e. The van der Waals surface area contributed by atoms with E-state index in [0.29, 0.717) is 36.2 Å². The average Bonchev–Trinajstić information content (AvgIpc) is 3.37. The van der Waals surface area contributed by atoms with Crippen molar-refractivity contribution < 1.29 is 14.3 Å². The van der Waals surface area contributed by atoms with Gasteiger partial charge in [0.2, 0.25) is 0 Å². The predicted molar refractivity (Wildman–Crippen MR) is 91.3 cm³/mol. The second-order valence-corrected chi connectivity index (χ2v) is 8.46. The first-order valence-corrected chi connectivity index (χ1v) is 9.56. The van der Waals surface area contributed by atoms with E-state index < -0.39 is 0 Å². The Labute approximate surface area is 143 Å². The van der Waals surface area contributed by atoms with E-state index in [-0.39, 0.29) is 5.41 Å². The molecular weight excluding hydrogens is 300 g/mol. The van der Waals surface area contributed by atoms with E-state index in [0.717, 1.165) is 38.0 Å². The van der Waals surface area contributed by atoms with E-state index in [1.54, 1.807) is 0 Å². The molecule has 0 N–H and O–H groups in total. The summed E-state index contributed by atoms with van der Waals surface area (Å²) in [7, 11) is 0. The van der Waals surface area contributed by atoms with E-state index >= 15 is 0 Å². The second-order valence-electron chi connectivity index (χ2n) is 8.46. The molecule has 3 heteroatoms. The summed E-state index contributed by atoms with van der Waals surface area (Å²) >= 11 is 0. The molecule has 24 heavy (non-hydrogen) atoms. The molecule has 4 aliphatic rings.